The Bertz CT molecular complexity index is 527. The van der Waals surface area contributed by atoms with E-state index in [4.69, 9.17) is 11.6 Å². The van der Waals surface area contributed by atoms with Gasteiger partial charge in [-0.2, -0.15) is 0 Å². The summed E-state index contributed by atoms with van der Waals surface area (Å²) < 4.78 is 13.2. The lowest BCUT2D eigenvalue weighted by Crippen LogP contribution is -1.91. The van der Waals surface area contributed by atoms with Crippen LogP contribution in [0.4, 0.5) is 10.1 Å². The maximum Gasteiger partial charge on any atom is 0.142 e. The van der Waals surface area contributed by atoms with Gasteiger partial charge in [0.15, 0.2) is 0 Å². The number of phenolic OH excluding ortho intramolecular Hbond substituents is 1. The minimum absolute atomic E-state index is 0.0665. The van der Waals surface area contributed by atoms with Crippen LogP contribution in [-0.2, 0) is 0 Å². The van der Waals surface area contributed by atoms with Crippen LogP contribution < -0.4 is 5.32 Å². The summed E-state index contributed by atoms with van der Waals surface area (Å²) in [5.74, 6) is -0.346. The van der Waals surface area contributed by atoms with Crippen LogP contribution in [0.2, 0.25) is 5.02 Å². The van der Waals surface area contributed by atoms with Gasteiger partial charge in [-0.15, -0.1) is 0 Å². The Morgan fingerprint density at radius 2 is 2.07 bits per heavy atom. The Labute approximate surface area is 91.3 Å². The number of halogens is 2. The smallest absolute Gasteiger partial charge is 0.142 e. The minimum Gasteiger partial charge on any atom is -0.508 e. The van der Waals surface area contributed by atoms with Crippen LogP contribution in [0.15, 0.2) is 24.3 Å². The van der Waals surface area contributed by atoms with E-state index in [1.807, 2.05) is 0 Å². The Kier molecular flexibility index (Phi) is 2.40. The minimum atomic E-state index is -0.466. The topological polar surface area (TPSA) is 32.3 Å². The molecule has 0 unspecified atom stereocenters. The molecule has 0 aliphatic heterocycles. The molecule has 0 aliphatic rings. The molecule has 15 heavy (non-hydrogen) atoms. The van der Waals surface area contributed by atoms with Crippen molar-refractivity contribution in [3.8, 4) is 5.75 Å². The first-order valence-corrected chi connectivity index (χ1v) is 4.79. The summed E-state index contributed by atoms with van der Waals surface area (Å²) in [6.07, 6.45) is 0. The second kappa shape index (κ2) is 3.59. The quantitative estimate of drug-likeness (QED) is 0.780. The zero-order valence-electron chi connectivity index (χ0n) is 8.01. The van der Waals surface area contributed by atoms with Crippen molar-refractivity contribution in [3.63, 3.8) is 0 Å². The van der Waals surface area contributed by atoms with Crippen LogP contribution >= 0.6 is 11.6 Å². The zero-order valence-corrected chi connectivity index (χ0v) is 8.77. The average Bonchev–Trinajstić information content (AvgIpc) is 2.22. The predicted octanol–water partition coefficient (Wildman–Crippen LogP) is 3.38. The summed E-state index contributed by atoms with van der Waals surface area (Å²) in [6.45, 7) is 0. The van der Waals surface area contributed by atoms with Gasteiger partial charge in [-0.3, -0.25) is 0 Å². The highest BCUT2D eigenvalue weighted by atomic mass is 35.5. The van der Waals surface area contributed by atoms with Gasteiger partial charge in [0.05, 0.1) is 5.02 Å². The van der Waals surface area contributed by atoms with E-state index in [0.717, 1.165) is 0 Å². The molecule has 4 heteroatoms. The van der Waals surface area contributed by atoms with Gasteiger partial charge in [-0.25, -0.2) is 4.39 Å². The van der Waals surface area contributed by atoms with Crippen molar-refractivity contribution in [3.05, 3.63) is 35.1 Å². The third-order valence-electron chi connectivity index (χ3n) is 2.26. The number of phenols is 1. The van der Waals surface area contributed by atoms with Crippen LogP contribution in [0, 0.1) is 5.82 Å². The van der Waals surface area contributed by atoms with Crippen molar-refractivity contribution >= 4 is 28.1 Å². The number of anilines is 1. The molecule has 2 N–H and O–H groups in total. The second-order valence-electron chi connectivity index (χ2n) is 3.20. The fourth-order valence-electron chi connectivity index (χ4n) is 1.58. The molecule has 0 spiro atoms. The molecule has 2 rings (SSSR count). The van der Waals surface area contributed by atoms with Crippen LogP contribution in [-0.4, -0.2) is 12.2 Å². The Morgan fingerprint density at radius 1 is 1.33 bits per heavy atom. The number of nitrogens with one attached hydrogen (secondary N) is 1. The predicted molar refractivity (Wildman–Crippen MR) is 60.1 cm³/mol. The summed E-state index contributed by atoms with van der Waals surface area (Å²) in [5, 5.41) is 13.6. The molecule has 0 saturated heterocycles. The van der Waals surface area contributed by atoms with Crippen molar-refractivity contribution in [1.29, 1.82) is 0 Å². The van der Waals surface area contributed by atoms with Crippen molar-refractivity contribution < 1.29 is 9.50 Å². The number of rotatable bonds is 1. The normalized spacial score (nSPS) is 10.6. The van der Waals surface area contributed by atoms with Crippen molar-refractivity contribution in [2.45, 2.75) is 0 Å². The molecule has 0 radical (unpaired) electrons. The van der Waals surface area contributed by atoms with Crippen LogP contribution in [0.5, 0.6) is 5.75 Å². The molecule has 0 heterocycles. The van der Waals surface area contributed by atoms with E-state index in [1.165, 1.54) is 12.1 Å². The summed E-state index contributed by atoms with van der Waals surface area (Å²) >= 11 is 5.87. The fraction of sp³-hybridized carbons (Fsp3) is 0.0909. The number of benzene rings is 2. The largest absolute Gasteiger partial charge is 0.508 e. The van der Waals surface area contributed by atoms with Gasteiger partial charge < -0.3 is 10.4 Å². The molecule has 2 nitrogen and oxygen atoms in total. The second-order valence-corrected chi connectivity index (χ2v) is 3.58. The summed E-state index contributed by atoms with van der Waals surface area (Å²) in [7, 11) is 1.69. The maximum absolute atomic E-state index is 13.2. The van der Waals surface area contributed by atoms with Gasteiger partial charge in [-0.1, -0.05) is 17.7 Å². The molecule has 2 aromatic rings. The highest BCUT2D eigenvalue weighted by molar-refractivity contribution is 6.36. The highest BCUT2D eigenvalue weighted by Crippen LogP contribution is 2.35. The first kappa shape index (κ1) is 10.1. The van der Waals surface area contributed by atoms with Crippen LogP contribution in [0.25, 0.3) is 10.8 Å². The van der Waals surface area contributed by atoms with Gasteiger partial charge in [0.2, 0.25) is 0 Å². The van der Waals surface area contributed by atoms with Gasteiger partial charge >= 0.3 is 0 Å². The van der Waals surface area contributed by atoms with E-state index in [2.05, 4.69) is 5.32 Å². The van der Waals surface area contributed by atoms with E-state index in [0.29, 0.717) is 16.5 Å². The van der Waals surface area contributed by atoms with Crippen LogP contribution in [0.3, 0.4) is 0 Å². The molecule has 0 fully saturated rings. The van der Waals surface area contributed by atoms with Gasteiger partial charge in [0.1, 0.15) is 11.6 Å². The van der Waals surface area contributed by atoms with Gasteiger partial charge in [0.25, 0.3) is 0 Å². The van der Waals surface area contributed by atoms with E-state index in [-0.39, 0.29) is 10.8 Å². The SMILES string of the molecule is CNc1cc(O)cc2ccc(F)c(Cl)c12. The fourth-order valence-corrected chi connectivity index (χ4v) is 1.85. The maximum atomic E-state index is 13.2. The molecule has 0 aromatic heterocycles. The van der Waals surface area contributed by atoms with Crippen molar-refractivity contribution in [2.24, 2.45) is 0 Å². The standard InChI is InChI=1S/C11H9ClFNO/c1-14-9-5-7(15)4-6-2-3-8(13)11(12)10(6)9/h2-5,14-15H,1H3. The first-order chi connectivity index (χ1) is 7.13. The Morgan fingerprint density at radius 3 is 2.73 bits per heavy atom. The summed E-state index contributed by atoms with van der Waals surface area (Å²) in [6, 6.07) is 5.91. The molecule has 78 valence electrons. The summed E-state index contributed by atoms with van der Waals surface area (Å²) in [5.41, 5.74) is 0.606. The molecule has 2 aromatic carbocycles. The zero-order chi connectivity index (χ0) is 11.0. The number of fused-ring (bicyclic) bond motifs is 1. The van der Waals surface area contributed by atoms with Crippen LogP contribution in [0.1, 0.15) is 0 Å². The van der Waals surface area contributed by atoms with E-state index in [9.17, 15) is 9.50 Å². The molecular formula is C11H9ClFNO. The Hall–Kier alpha value is -1.48. The first-order valence-electron chi connectivity index (χ1n) is 4.42. The van der Waals surface area contributed by atoms with Crippen molar-refractivity contribution in [2.75, 3.05) is 12.4 Å². The molecule has 0 saturated carbocycles. The lowest BCUT2D eigenvalue weighted by Gasteiger charge is -2.09. The lowest BCUT2D eigenvalue weighted by molar-refractivity contribution is 0.476. The van der Waals surface area contributed by atoms with E-state index >= 15 is 0 Å². The Balaban J connectivity index is 2.91. The number of hydrogen-bond acceptors (Lipinski definition) is 2. The van der Waals surface area contributed by atoms with Crippen molar-refractivity contribution in [1.82, 2.24) is 0 Å². The molecule has 0 aliphatic carbocycles. The lowest BCUT2D eigenvalue weighted by atomic mass is 10.1. The van der Waals surface area contributed by atoms with E-state index in [1.54, 1.807) is 19.2 Å². The third-order valence-corrected chi connectivity index (χ3v) is 2.63. The molecular weight excluding hydrogens is 217 g/mol. The average molecular weight is 226 g/mol. The number of aromatic hydroxyl groups is 1. The monoisotopic (exact) mass is 225 g/mol. The van der Waals surface area contributed by atoms with E-state index < -0.39 is 5.82 Å². The van der Waals surface area contributed by atoms with Gasteiger partial charge in [0, 0.05) is 24.2 Å². The number of hydrogen-bond donors (Lipinski definition) is 2. The summed E-state index contributed by atoms with van der Waals surface area (Å²) in [4.78, 5) is 0. The molecule has 0 bridgehead atoms. The molecule has 0 atom stereocenters. The highest BCUT2D eigenvalue weighted by Gasteiger charge is 2.10. The third kappa shape index (κ3) is 1.59. The van der Waals surface area contributed by atoms with Gasteiger partial charge in [-0.05, 0) is 17.5 Å². The molecule has 0 amide bonds.